The van der Waals surface area contributed by atoms with Crippen molar-refractivity contribution in [2.24, 2.45) is 5.73 Å². The Labute approximate surface area is 120 Å². The normalized spacial score (nSPS) is 23.7. The van der Waals surface area contributed by atoms with Crippen molar-refractivity contribution < 1.29 is 5.11 Å². The van der Waals surface area contributed by atoms with E-state index in [1.54, 1.807) is 0 Å². The molecule has 1 aliphatic rings. The van der Waals surface area contributed by atoms with Gasteiger partial charge < -0.3 is 16.2 Å². The first-order chi connectivity index (χ1) is 9.08. The fraction of sp³-hybridized carbons (Fsp3) is 0.533. The molecular formula is C15H22N2OS. The van der Waals surface area contributed by atoms with Gasteiger partial charge in [-0.1, -0.05) is 43.1 Å². The summed E-state index contributed by atoms with van der Waals surface area (Å²) in [6.07, 6.45) is 5.03. The van der Waals surface area contributed by atoms with Crippen LogP contribution in [-0.2, 0) is 0 Å². The van der Waals surface area contributed by atoms with E-state index in [2.05, 4.69) is 5.32 Å². The second-order valence-corrected chi connectivity index (χ2v) is 5.81. The van der Waals surface area contributed by atoms with Crippen molar-refractivity contribution in [2.45, 2.75) is 51.2 Å². The Morgan fingerprint density at radius 3 is 2.79 bits per heavy atom. The predicted octanol–water partition coefficient (Wildman–Crippen LogP) is 2.73. The first kappa shape index (κ1) is 14.3. The van der Waals surface area contributed by atoms with Crippen molar-refractivity contribution in [2.75, 3.05) is 5.32 Å². The maximum Gasteiger partial charge on any atom is 0.106 e. The minimum atomic E-state index is -0.289. The van der Waals surface area contributed by atoms with Gasteiger partial charge in [0.2, 0.25) is 0 Å². The van der Waals surface area contributed by atoms with Crippen molar-refractivity contribution >= 4 is 22.9 Å². The molecule has 4 N–H and O–H groups in total. The van der Waals surface area contributed by atoms with Crippen LogP contribution >= 0.6 is 12.2 Å². The van der Waals surface area contributed by atoms with E-state index < -0.39 is 0 Å². The largest absolute Gasteiger partial charge is 0.391 e. The van der Waals surface area contributed by atoms with Crippen LogP contribution in [0.25, 0.3) is 0 Å². The van der Waals surface area contributed by atoms with Gasteiger partial charge in [-0.2, -0.15) is 0 Å². The zero-order chi connectivity index (χ0) is 13.8. The van der Waals surface area contributed by atoms with E-state index in [0.29, 0.717) is 4.99 Å². The minimum Gasteiger partial charge on any atom is -0.391 e. The number of nitrogens with one attached hydrogen (secondary N) is 1. The Balaban J connectivity index is 2.19. The maximum atomic E-state index is 10.2. The first-order valence-corrected chi connectivity index (χ1v) is 7.34. The van der Waals surface area contributed by atoms with Gasteiger partial charge in [0.15, 0.2) is 0 Å². The third-order valence-electron chi connectivity index (χ3n) is 3.76. The molecule has 0 amide bonds. The quantitative estimate of drug-likeness (QED) is 0.588. The second-order valence-electron chi connectivity index (χ2n) is 5.37. The summed E-state index contributed by atoms with van der Waals surface area (Å²) >= 11 is 5.11. The highest BCUT2D eigenvalue weighted by Gasteiger charge is 2.22. The van der Waals surface area contributed by atoms with Crippen molar-refractivity contribution in [3.63, 3.8) is 0 Å². The summed E-state index contributed by atoms with van der Waals surface area (Å²) in [5.41, 5.74) is 8.72. The van der Waals surface area contributed by atoms with Gasteiger partial charge in [-0.3, -0.25) is 0 Å². The summed E-state index contributed by atoms with van der Waals surface area (Å²) in [7, 11) is 0. The molecular weight excluding hydrogens is 256 g/mol. The molecule has 2 unspecified atom stereocenters. The van der Waals surface area contributed by atoms with Gasteiger partial charge in [0.05, 0.1) is 12.1 Å². The van der Waals surface area contributed by atoms with Gasteiger partial charge in [0, 0.05) is 11.3 Å². The molecule has 3 nitrogen and oxygen atoms in total. The van der Waals surface area contributed by atoms with E-state index in [9.17, 15) is 5.11 Å². The van der Waals surface area contributed by atoms with Crippen molar-refractivity contribution in [3.05, 3.63) is 29.3 Å². The zero-order valence-electron chi connectivity index (χ0n) is 11.4. The van der Waals surface area contributed by atoms with E-state index in [1.807, 2.05) is 25.1 Å². The number of anilines is 1. The van der Waals surface area contributed by atoms with Crippen LogP contribution in [0, 0.1) is 6.92 Å². The third kappa shape index (κ3) is 3.67. The number of benzene rings is 1. The summed E-state index contributed by atoms with van der Waals surface area (Å²) < 4.78 is 0. The Morgan fingerprint density at radius 1 is 1.32 bits per heavy atom. The fourth-order valence-electron chi connectivity index (χ4n) is 2.64. The van der Waals surface area contributed by atoms with Gasteiger partial charge in [0.25, 0.3) is 0 Å². The number of aliphatic hydroxyl groups excluding tert-OH is 1. The molecule has 1 aliphatic carbocycles. The van der Waals surface area contributed by atoms with E-state index >= 15 is 0 Å². The van der Waals surface area contributed by atoms with E-state index in [1.165, 1.54) is 6.42 Å². The number of thiocarbonyl (C=S) groups is 1. The van der Waals surface area contributed by atoms with E-state index in [4.69, 9.17) is 18.0 Å². The molecule has 0 radical (unpaired) electrons. The van der Waals surface area contributed by atoms with E-state index in [0.717, 1.165) is 42.5 Å². The lowest BCUT2D eigenvalue weighted by atomic mass is 10.0. The van der Waals surface area contributed by atoms with Crippen LogP contribution in [0.1, 0.15) is 43.2 Å². The topological polar surface area (TPSA) is 58.3 Å². The number of hydrogen-bond acceptors (Lipinski definition) is 3. The summed E-state index contributed by atoms with van der Waals surface area (Å²) in [4.78, 5) is 0.398. The average molecular weight is 278 g/mol. The molecule has 1 aromatic carbocycles. The fourth-order valence-corrected chi connectivity index (χ4v) is 2.81. The number of aliphatic hydroxyl groups is 1. The van der Waals surface area contributed by atoms with Gasteiger partial charge >= 0.3 is 0 Å². The third-order valence-corrected chi connectivity index (χ3v) is 3.98. The van der Waals surface area contributed by atoms with Gasteiger partial charge in [-0.15, -0.1) is 0 Å². The molecule has 19 heavy (non-hydrogen) atoms. The number of hydrogen-bond donors (Lipinski definition) is 3. The molecule has 0 aromatic heterocycles. The highest BCUT2D eigenvalue weighted by molar-refractivity contribution is 7.80. The molecule has 1 aromatic rings. The van der Waals surface area contributed by atoms with Gasteiger partial charge in [-0.05, 0) is 31.9 Å². The van der Waals surface area contributed by atoms with Crippen molar-refractivity contribution in [1.82, 2.24) is 0 Å². The molecule has 0 saturated heterocycles. The number of nitrogens with two attached hydrogens (primary N) is 1. The molecule has 2 atom stereocenters. The molecule has 4 heteroatoms. The van der Waals surface area contributed by atoms with Gasteiger partial charge in [-0.25, -0.2) is 0 Å². The van der Waals surface area contributed by atoms with Gasteiger partial charge in [0.1, 0.15) is 4.99 Å². The molecule has 2 rings (SSSR count). The standard InChI is InChI=1S/C15H22N2OS/c1-10-7-8-12(11(9-10)15(16)19)17-13-5-3-2-4-6-14(13)18/h7-9,13-14,17-18H,2-6H2,1H3,(H2,16,19). The summed E-state index contributed by atoms with van der Waals surface area (Å²) in [6.45, 7) is 2.02. The highest BCUT2D eigenvalue weighted by Crippen LogP contribution is 2.24. The number of rotatable bonds is 3. The SMILES string of the molecule is Cc1ccc(NC2CCCCCC2O)c(C(N)=S)c1. The van der Waals surface area contributed by atoms with Crippen LogP contribution in [0.15, 0.2) is 18.2 Å². The summed E-state index contributed by atoms with van der Waals surface area (Å²) in [5, 5.41) is 13.6. The van der Waals surface area contributed by atoms with Crippen LogP contribution in [0.3, 0.4) is 0 Å². The van der Waals surface area contributed by atoms with Crippen molar-refractivity contribution in [3.8, 4) is 0 Å². The average Bonchev–Trinajstić information content (AvgIpc) is 2.57. The second kappa shape index (κ2) is 6.35. The Hall–Kier alpha value is -1.13. The zero-order valence-corrected chi connectivity index (χ0v) is 12.2. The molecule has 0 heterocycles. The molecule has 1 fully saturated rings. The van der Waals surface area contributed by atoms with Crippen LogP contribution in [0.4, 0.5) is 5.69 Å². The Morgan fingerprint density at radius 2 is 2.05 bits per heavy atom. The molecule has 0 spiro atoms. The molecule has 0 bridgehead atoms. The highest BCUT2D eigenvalue weighted by atomic mass is 32.1. The summed E-state index contributed by atoms with van der Waals surface area (Å²) in [5.74, 6) is 0. The minimum absolute atomic E-state index is 0.0957. The smallest absolute Gasteiger partial charge is 0.106 e. The Bertz CT molecular complexity index is 461. The monoisotopic (exact) mass is 278 g/mol. The van der Waals surface area contributed by atoms with E-state index in [-0.39, 0.29) is 12.1 Å². The van der Waals surface area contributed by atoms with Crippen molar-refractivity contribution in [1.29, 1.82) is 0 Å². The van der Waals surface area contributed by atoms with Crippen LogP contribution in [0.5, 0.6) is 0 Å². The Kier molecular flexibility index (Phi) is 4.77. The predicted molar refractivity (Wildman–Crippen MR) is 83.6 cm³/mol. The summed E-state index contributed by atoms with van der Waals surface area (Å²) in [6, 6.07) is 6.13. The molecule has 0 aliphatic heterocycles. The lowest BCUT2D eigenvalue weighted by Gasteiger charge is -2.24. The maximum absolute atomic E-state index is 10.2. The first-order valence-electron chi connectivity index (χ1n) is 6.93. The number of aryl methyl sites for hydroxylation is 1. The van der Waals surface area contributed by atoms with Crippen LogP contribution < -0.4 is 11.1 Å². The molecule has 1 saturated carbocycles. The lowest BCUT2D eigenvalue weighted by Crippen LogP contribution is -2.33. The lowest BCUT2D eigenvalue weighted by molar-refractivity contribution is 0.144. The molecule has 104 valence electrons. The van der Waals surface area contributed by atoms with Crippen LogP contribution in [-0.4, -0.2) is 22.2 Å². The van der Waals surface area contributed by atoms with Crippen LogP contribution in [0.2, 0.25) is 0 Å².